The SMILES string of the molecule is CC12CC3CC(C)(C1)CC(CCNCC(F)F)(C3)C2. The van der Waals surface area contributed by atoms with Crippen LogP contribution in [-0.2, 0) is 0 Å². The Morgan fingerprint density at radius 1 is 1.05 bits per heavy atom. The summed E-state index contributed by atoms with van der Waals surface area (Å²) in [7, 11) is 0. The van der Waals surface area contributed by atoms with E-state index >= 15 is 0 Å². The fraction of sp³-hybridized carbons (Fsp3) is 1.00. The van der Waals surface area contributed by atoms with Crippen molar-refractivity contribution in [2.45, 2.75) is 65.2 Å². The van der Waals surface area contributed by atoms with Crippen LogP contribution in [0.4, 0.5) is 8.78 Å². The third-order valence-electron chi connectivity index (χ3n) is 5.87. The van der Waals surface area contributed by atoms with Gasteiger partial charge >= 0.3 is 0 Å². The van der Waals surface area contributed by atoms with Gasteiger partial charge in [0.15, 0.2) is 0 Å². The molecule has 110 valence electrons. The quantitative estimate of drug-likeness (QED) is 0.738. The second kappa shape index (κ2) is 4.41. The molecule has 1 nitrogen and oxygen atoms in total. The molecule has 0 aliphatic heterocycles. The lowest BCUT2D eigenvalue weighted by Crippen LogP contribution is -2.55. The summed E-state index contributed by atoms with van der Waals surface area (Å²) in [5.74, 6) is 0.904. The average Bonchev–Trinajstić information content (AvgIpc) is 2.18. The van der Waals surface area contributed by atoms with Gasteiger partial charge in [-0.2, -0.15) is 0 Å². The minimum absolute atomic E-state index is 0.145. The molecule has 0 heterocycles. The van der Waals surface area contributed by atoms with Crippen LogP contribution in [0.15, 0.2) is 0 Å². The highest BCUT2D eigenvalue weighted by atomic mass is 19.3. The van der Waals surface area contributed by atoms with Crippen LogP contribution >= 0.6 is 0 Å². The highest BCUT2D eigenvalue weighted by Crippen LogP contribution is 2.70. The molecule has 0 spiro atoms. The number of rotatable bonds is 5. The van der Waals surface area contributed by atoms with Gasteiger partial charge in [-0.3, -0.25) is 0 Å². The Morgan fingerprint density at radius 2 is 1.68 bits per heavy atom. The van der Waals surface area contributed by atoms with Crippen molar-refractivity contribution in [2.24, 2.45) is 22.2 Å². The Morgan fingerprint density at radius 3 is 2.21 bits per heavy atom. The first-order valence-corrected chi connectivity index (χ1v) is 7.81. The standard InChI is InChI=1S/C16H27F2N/c1-14-5-12-6-15(2,9-14)11-16(7-12,10-14)3-4-19-8-13(17)18/h12-13,19H,3-11H2,1-2H3. The number of halogens is 2. The zero-order valence-electron chi connectivity index (χ0n) is 12.3. The molecular weight excluding hydrogens is 244 g/mol. The molecule has 0 saturated heterocycles. The summed E-state index contributed by atoms with van der Waals surface area (Å²) in [5, 5.41) is 2.93. The van der Waals surface area contributed by atoms with Crippen molar-refractivity contribution in [1.29, 1.82) is 0 Å². The number of hydrogen-bond donors (Lipinski definition) is 1. The monoisotopic (exact) mass is 271 g/mol. The molecule has 4 fully saturated rings. The van der Waals surface area contributed by atoms with Gasteiger partial charge in [-0.15, -0.1) is 0 Å². The van der Waals surface area contributed by atoms with Crippen molar-refractivity contribution < 1.29 is 8.78 Å². The van der Waals surface area contributed by atoms with E-state index in [0.29, 0.717) is 16.2 Å². The Hall–Kier alpha value is -0.180. The minimum atomic E-state index is -2.22. The van der Waals surface area contributed by atoms with Crippen molar-refractivity contribution >= 4 is 0 Å². The lowest BCUT2D eigenvalue weighted by Gasteiger charge is -2.65. The number of nitrogens with one attached hydrogen (secondary N) is 1. The van der Waals surface area contributed by atoms with Crippen molar-refractivity contribution in [2.75, 3.05) is 13.1 Å². The van der Waals surface area contributed by atoms with E-state index in [-0.39, 0.29) is 6.54 Å². The Labute approximate surface area is 115 Å². The largest absolute Gasteiger partial charge is 0.311 e. The van der Waals surface area contributed by atoms with E-state index in [1.807, 2.05) is 0 Å². The highest BCUT2D eigenvalue weighted by Gasteiger charge is 2.59. The summed E-state index contributed by atoms with van der Waals surface area (Å²) >= 11 is 0. The van der Waals surface area contributed by atoms with Crippen molar-refractivity contribution in [3.05, 3.63) is 0 Å². The molecule has 2 unspecified atom stereocenters. The van der Waals surface area contributed by atoms with Gasteiger partial charge in [0.1, 0.15) is 0 Å². The van der Waals surface area contributed by atoms with Crippen molar-refractivity contribution in [3.8, 4) is 0 Å². The van der Waals surface area contributed by atoms with Gasteiger partial charge in [-0.05, 0) is 73.7 Å². The first kappa shape index (κ1) is 13.8. The Balaban J connectivity index is 1.64. The maximum absolute atomic E-state index is 12.2. The number of alkyl halides is 2. The Bertz CT molecular complexity index is 337. The van der Waals surface area contributed by atoms with E-state index in [2.05, 4.69) is 19.2 Å². The fourth-order valence-electron chi connectivity index (χ4n) is 6.53. The molecule has 3 heteroatoms. The molecule has 0 aromatic carbocycles. The van der Waals surface area contributed by atoms with E-state index in [4.69, 9.17) is 0 Å². The summed E-state index contributed by atoms with van der Waals surface area (Å²) < 4.78 is 24.4. The van der Waals surface area contributed by atoms with Gasteiger partial charge in [0.2, 0.25) is 0 Å². The normalized spacial score (nSPS) is 48.2. The third-order valence-corrected chi connectivity index (χ3v) is 5.87. The van der Waals surface area contributed by atoms with Crippen LogP contribution in [0.1, 0.15) is 58.8 Å². The minimum Gasteiger partial charge on any atom is -0.311 e. The maximum Gasteiger partial charge on any atom is 0.250 e. The van der Waals surface area contributed by atoms with Crippen molar-refractivity contribution in [3.63, 3.8) is 0 Å². The molecule has 2 atom stereocenters. The van der Waals surface area contributed by atoms with Crippen LogP contribution in [0.2, 0.25) is 0 Å². The highest BCUT2D eigenvalue weighted by molar-refractivity contribution is 5.10. The third kappa shape index (κ3) is 2.68. The van der Waals surface area contributed by atoms with E-state index in [1.165, 1.54) is 38.5 Å². The predicted octanol–water partition coefficient (Wildman–Crippen LogP) is 4.23. The molecule has 0 radical (unpaired) electrons. The van der Waals surface area contributed by atoms with Gasteiger partial charge in [0.05, 0.1) is 6.54 Å². The molecule has 4 saturated carbocycles. The molecule has 4 aliphatic carbocycles. The van der Waals surface area contributed by atoms with Crippen LogP contribution in [0.3, 0.4) is 0 Å². The second-order valence-corrected chi connectivity index (χ2v) is 8.48. The predicted molar refractivity (Wildman–Crippen MR) is 73.3 cm³/mol. The first-order valence-electron chi connectivity index (χ1n) is 7.81. The van der Waals surface area contributed by atoms with Crippen LogP contribution in [-0.4, -0.2) is 19.5 Å². The first-order chi connectivity index (χ1) is 8.82. The molecule has 1 N–H and O–H groups in total. The molecule has 4 aliphatic rings. The molecule has 0 aromatic heterocycles. The van der Waals surface area contributed by atoms with Crippen LogP contribution in [0.5, 0.6) is 0 Å². The van der Waals surface area contributed by atoms with E-state index in [0.717, 1.165) is 18.9 Å². The average molecular weight is 271 g/mol. The summed E-state index contributed by atoms with van der Waals surface area (Å²) in [6.07, 6.45) is 7.12. The van der Waals surface area contributed by atoms with Gasteiger partial charge in [-0.1, -0.05) is 13.8 Å². The fourth-order valence-corrected chi connectivity index (χ4v) is 6.53. The molecule has 0 amide bonds. The van der Waals surface area contributed by atoms with Gasteiger partial charge in [0.25, 0.3) is 6.43 Å². The molecule has 0 aromatic rings. The lowest BCUT2D eigenvalue weighted by molar-refractivity contribution is -0.147. The number of hydrogen-bond acceptors (Lipinski definition) is 1. The van der Waals surface area contributed by atoms with Crippen LogP contribution in [0, 0.1) is 22.2 Å². The molecule has 4 bridgehead atoms. The summed E-state index contributed by atoms with van der Waals surface area (Å²) in [6.45, 7) is 5.56. The lowest BCUT2D eigenvalue weighted by atomic mass is 9.40. The summed E-state index contributed by atoms with van der Waals surface area (Å²) in [5.41, 5.74) is 1.53. The van der Waals surface area contributed by atoms with E-state index in [1.54, 1.807) is 0 Å². The second-order valence-electron chi connectivity index (χ2n) is 8.48. The van der Waals surface area contributed by atoms with Gasteiger partial charge in [0, 0.05) is 0 Å². The molecule has 4 rings (SSSR count). The zero-order chi connectivity index (χ0) is 13.7. The van der Waals surface area contributed by atoms with E-state index < -0.39 is 6.43 Å². The maximum atomic E-state index is 12.2. The smallest absolute Gasteiger partial charge is 0.250 e. The summed E-state index contributed by atoms with van der Waals surface area (Å²) in [4.78, 5) is 0. The van der Waals surface area contributed by atoms with Gasteiger partial charge in [-0.25, -0.2) is 8.78 Å². The topological polar surface area (TPSA) is 12.0 Å². The van der Waals surface area contributed by atoms with Crippen molar-refractivity contribution in [1.82, 2.24) is 5.32 Å². The van der Waals surface area contributed by atoms with Gasteiger partial charge < -0.3 is 5.32 Å². The Kier molecular flexibility index (Phi) is 3.20. The molecule has 19 heavy (non-hydrogen) atoms. The van der Waals surface area contributed by atoms with Crippen LogP contribution < -0.4 is 5.32 Å². The van der Waals surface area contributed by atoms with E-state index in [9.17, 15) is 8.78 Å². The van der Waals surface area contributed by atoms with Crippen LogP contribution in [0.25, 0.3) is 0 Å². The zero-order valence-corrected chi connectivity index (χ0v) is 12.3. The molecular formula is C16H27F2N. The summed E-state index contributed by atoms with van der Waals surface area (Å²) in [6, 6.07) is 0.